The third kappa shape index (κ3) is 5.13. The smallest absolute Gasteiger partial charge is 0.246 e. The average molecular weight is 482 g/mol. The third-order valence-corrected chi connectivity index (χ3v) is 7.84. The first-order chi connectivity index (χ1) is 16.1. The Kier molecular flexibility index (Phi) is 6.77. The second-order valence-corrected chi connectivity index (χ2v) is 10.0. The summed E-state index contributed by atoms with van der Waals surface area (Å²) in [6.07, 6.45) is 7.93. The Balaban J connectivity index is 1.09. The number of aromatic amines is 1. The number of hydrogen-bond donors (Lipinski definition) is 1. The Labute approximate surface area is 205 Å². The lowest BCUT2D eigenvalue weighted by atomic mass is 9.92. The molecule has 0 aliphatic carbocycles. The fourth-order valence-corrected chi connectivity index (χ4v) is 5.42. The number of rotatable bonds is 5. The predicted molar refractivity (Wildman–Crippen MR) is 137 cm³/mol. The van der Waals surface area contributed by atoms with Crippen molar-refractivity contribution < 1.29 is 4.79 Å². The number of aromatic nitrogens is 1. The highest BCUT2D eigenvalue weighted by Gasteiger charge is 2.24. The van der Waals surface area contributed by atoms with Gasteiger partial charge in [-0.25, -0.2) is 0 Å². The number of amides is 1. The van der Waals surface area contributed by atoms with Gasteiger partial charge in [-0.3, -0.25) is 9.69 Å². The Morgan fingerprint density at radius 2 is 1.88 bits per heavy atom. The van der Waals surface area contributed by atoms with E-state index in [0.29, 0.717) is 16.0 Å². The van der Waals surface area contributed by atoms with Gasteiger partial charge >= 0.3 is 0 Å². The van der Waals surface area contributed by atoms with E-state index < -0.39 is 0 Å². The van der Waals surface area contributed by atoms with Crippen molar-refractivity contribution in [1.82, 2.24) is 14.8 Å². The molecule has 0 unspecified atom stereocenters. The molecule has 3 heterocycles. The fraction of sp³-hybridized carbons (Fsp3) is 0.370. The molecular weight excluding hydrogens is 453 g/mol. The molecule has 1 N–H and O–H groups in total. The van der Waals surface area contributed by atoms with Crippen LogP contribution in [0.4, 0.5) is 0 Å². The van der Waals surface area contributed by atoms with Crippen molar-refractivity contribution in [2.45, 2.75) is 32.2 Å². The summed E-state index contributed by atoms with van der Waals surface area (Å²) in [6, 6.07) is 14.0. The van der Waals surface area contributed by atoms with Gasteiger partial charge < -0.3 is 9.88 Å². The van der Waals surface area contributed by atoms with Gasteiger partial charge in [-0.05, 0) is 67.1 Å². The number of benzene rings is 2. The third-order valence-electron chi connectivity index (χ3n) is 7.10. The monoisotopic (exact) mass is 481 g/mol. The number of likely N-dealkylation sites (tertiary alicyclic amines) is 1. The van der Waals surface area contributed by atoms with E-state index in [-0.39, 0.29) is 5.91 Å². The number of fused-ring (bicyclic) bond motifs is 3. The molecule has 0 bridgehead atoms. The van der Waals surface area contributed by atoms with Crippen molar-refractivity contribution in [3.63, 3.8) is 0 Å². The minimum absolute atomic E-state index is 0.0717. The first-order valence-electron chi connectivity index (χ1n) is 11.8. The molecule has 172 valence electrons. The number of halogens is 2. The van der Waals surface area contributed by atoms with Gasteiger partial charge in [0.2, 0.25) is 5.91 Å². The molecule has 0 radical (unpaired) electrons. The molecule has 0 saturated carbocycles. The van der Waals surface area contributed by atoms with Gasteiger partial charge in [0.05, 0.1) is 10.0 Å². The highest BCUT2D eigenvalue weighted by atomic mass is 35.5. The van der Waals surface area contributed by atoms with Crippen molar-refractivity contribution >= 4 is 46.1 Å². The number of H-pyrrole nitrogens is 1. The van der Waals surface area contributed by atoms with Crippen molar-refractivity contribution in [2.24, 2.45) is 5.92 Å². The molecule has 2 aliphatic heterocycles. The van der Waals surface area contributed by atoms with Gasteiger partial charge in [-0.15, -0.1) is 0 Å². The molecule has 3 aromatic rings. The lowest BCUT2D eigenvalue weighted by Gasteiger charge is -2.33. The summed E-state index contributed by atoms with van der Waals surface area (Å²) >= 11 is 12.0. The van der Waals surface area contributed by atoms with E-state index in [0.717, 1.165) is 57.5 Å². The molecule has 2 aliphatic rings. The maximum atomic E-state index is 12.6. The normalized spacial score (nSPS) is 17.7. The van der Waals surface area contributed by atoms with Crippen LogP contribution in [0.5, 0.6) is 0 Å². The summed E-state index contributed by atoms with van der Waals surface area (Å²) in [5.41, 5.74) is 5.03. The van der Waals surface area contributed by atoms with Crippen LogP contribution in [0.25, 0.3) is 17.0 Å². The number of hydrogen-bond acceptors (Lipinski definition) is 2. The summed E-state index contributed by atoms with van der Waals surface area (Å²) in [6.45, 7) is 4.96. The predicted octanol–water partition coefficient (Wildman–Crippen LogP) is 6.17. The van der Waals surface area contributed by atoms with Crippen molar-refractivity contribution in [1.29, 1.82) is 0 Å². The minimum atomic E-state index is 0.0717. The molecule has 4 nitrogen and oxygen atoms in total. The number of nitrogens with one attached hydrogen (secondary N) is 1. The number of carbonyl (C=O) groups is 1. The summed E-state index contributed by atoms with van der Waals surface area (Å²) in [5.74, 6) is 0.764. The van der Waals surface area contributed by atoms with Gasteiger partial charge in [0.1, 0.15) is 0 Å². The van der Waals surface area contributed by atoms with Crippen molar-refractivity contribution in [3.05, 3.63) is 75.4 Å². The number of nitrogens with zero attached hydrogens (tertiary/aromatic N) is 2. The summed E-state index contributed by atoms with van der Waals surface area (Å²) in [4.78, 5) is 20.8. The van der Waals surface area contributed by atoms with Crippen LogP contribution in [-0.4, -0.2) is 46.9 Å². The fourth-order valence-electron chi connectivity index (χ4n) is 5.11. The maximum Gasteiger partial charge on any atom is 0.246 e. The van der Waals surface area contributed by atoms with E-state index in [4.69, 9.17) is 23.2 Å². The molecule has 33 heavy (non-hydrogen) atoms. The van der Waals surface area contributed by atoms with Crippen molar-refractivity contribution in [2.75, 3.05) is 26.2 Å². The van der Waals surface area contributed by atoms with E-state index >= 15 is 0 Å². The Bertz CT molecular complexity index is 1180. The van der Waals surface area contributed by atoms with Crippen LogP contribution in [0.1, 0.15) is 36.1 Å². The lowest BCUT2D eigenvalue weighted by molar-refractivity contribution is -0.127. The van der Waals surface area contributed by atoms with Crippen LogP contribution in [0.2, 0.25) is 10.0 Å². The molecule has 0 spiro atoms. The van der Waals surface area contributed by atoms with Crippen LogP contribution >= 0.6 is 23.2 Å². The minimum Gasteiger partial charge on any atom is -0.358 e. The second-order valence-electron chi connectivity index (χ2n) is 9.22. The molecule has 6 heteroatoms. The molecule has 1 aromatic heterocycles. The molecule has 5 rings (SSSR count). The zero-order valence-corrected chi connectivity index (χ0v) is 20.2. The summed E-state index contributed by atoms with van der Waals surface area (Å²) in [5, 5.41) is 2.40. The van der Waals surface area contributed by atoms with Crippen LogP contribution in [0.3, 0.4) is 0 Å². The Morgan fingerprint density at radius 3 is 2.70 bits per heavy atom. The van der Waals surface area contributed by atoms with E-state index in [1.165, 1.54) is 28.6 Å². The standard InChI is InChI=1S/C27H29Cl2N3O/c28-23-7-5-20(17-24(23)29)6-8-27(33)32-15-10-19(11-16-32)9-13-31-14-12-26-22(18-31)21-3-1-2-4-25(21)30-26/h1-8,17,19,30H,9-16,18H2/b8-6+. The highest BCUT2D eigenvalue weighted by Crippen LogP contribution is 2.29. The van der Waals surface area contributed by atoms with Gasteiger partial charge in [0.15, 0.2) is 0 Å². The van der Waals surface area contributed by atoms with Gasteiger partial charge in [-0.1, -0.05) is 47.5 Å². The molecule has 1 saturated heterocycles. The van der Waals surface area contributed by atoms with Crippen LogP contribution in [0, 0.1) is 5.92 Å². The molecule has 1 fully saturated rings. The van der Waals surface area contributed by atoms with Gasteiger partial charge in [-0.2, -0.15) is 0 Å². The van der Waals surface area contributed by atoms with E-state index in [1.54, 1.807) is 18.2 Å². The first-order valence-corrected chi connectivity index (χ1v) is 12.6. The van der Waals surface area contributed by atoms with Gasteiger partial charge in [0.25, 0.3) is 0 Å². The van der Waals surface area contributed by atoms with Crippen molar-refractivity contribution in [3.8, 4) is 0 Å². The zero-order valence-electron chi connectivity index (χ0n) is 18.7. The zero-order chi connectivity index (χ0) is 22.8. The maximum absolute atomic E-state index is 12.6. The summed E-state index contributed by atoms with van der Waals surface area (Å²) < 4.78 is 0. The van der Waals surface area contributed by atoms with Crippen LogP contribution in [0.15, 0.2) is 48.5 Å². The molecular formula is C27H29Cl2N3O. The largest absolute Gasteiger partial charge is 0.358 e. The Morgan fingerprint density at radius 1 is 1.06 bits per heavy atom. The quantitative estimate of drug-likeness (QED) is 0.442. The number of para-hydroxylation sites is 1. The average Bonchev–Trinajstić information content (AvgIpc) is 3.21. The molecule has 0 atom stereocenters. The van der Waals surface area contributed by atoms with E-state index in [1.807, 2.05) is 17.0 Å². The first kappa shape index (κ1) is 22.5. The topological polar surface area (TPSA) is 39.3 Å². The highest BCUT2D eigenvalue weighted by molar-refractivity contribution is 6.42. The van der Waals surface area contributed by atoms with E-state index in [2.05, 4.69) is 34.1 Å². The Hall–Kier alpha value is -2.27. The van der Waals surface area contributed by atoms with Gasteiger partial charge in [0, 0.05) is 55.3 Å². The lowest BCUT2D eigenvalue weighted by Crippen LogP contribution is -2.39. The molecule has 2 aromatic carbocycles. The number of carbonyl (C=O) groups excluding carboxylic acids is 1. The number of piperidine rings is 1. The van der Waals surface area contributed by atoms with Crippen LogP contribution < -0.4 is 0 Å². The van der Waals surface area contributed by atoms with Crippen LogP contribution in [-0.2, 0) is 17.8 Å². The second kappa shape index (κ2) is 9.92. The van der Waals surface area contributed by atoms with E-state index in [9.17, 15) is 4.79 Å². The molecule has 1 amide bonds. The summed E-state index contributed by atoms with van der Waals surface area (Å²) in [7, 11) is 0. The SMILES string of the molecule is O=C(/C=C/c1ccc(Cl)c(Cl)c1)N1CCC(CCN2CCc3[nH]c4ccccc4c3C2)CC1.